The second-order valence-corrected chi connectivity index (χ2v) is 5.68. The maximum Gasteiger partial charge on any atom is 0.407 e. The van der Waals surface area contributed by atoms with E-state index in [2.05, 4.69) is 10.6 Å². The minimum atomic E-state index is -0.492. The van der Waals surface area contributed by atoms with Crippen LogP contribution in [-0.4, -0.2) is 36.7 Å². The Balaban J connectivity index is 2.31. The van der Waals surface area contributed by atoms with Crippen LogP contribution in [0.4, 0.5) is 4.79 Å². The van der Waals surface area contributed by atoms with E-state index in [9.17, 15) is 9.59 Å². The van der Waals surface area contributed by atoms with Crippen molar-refractivity contribution in [2.45, 2.75) is 45.3 Å². The summed E-state index contributed by atoms with van der Waals surface area (Å²) in [4.78, 5) is 22.5. The van der Waals surface area contributed by atoms with E-state index < -0.39 is 11.7 Å². The summed E-state index contributed by atoms with van der Waals surface area (Å²) in [6, 6.07) is -0.288. The van der Waals surface area contributed by atoms with Crippen LogP contribution in [0.1, 0.15) is 33.6 Å². The van der Waals surface area contributed by atoms with Crippen molar-refractivity contribution in [1.82, 2.24) is 10.6 Å². The van der Waals surface area contributed by atoms with Crippen molar-refractivity contribution in [3.63, 3.8) is 0 Å². The van der Waals surface area contributed by atoms with Crippen molar-refractivity contribution < 1.29 is 14.3 Å². The lowest BCUT2D eigenvalue weighted by atomic mass is 9.92. The summed E-state index contributed by atoms with van der Waals surface area (Å²) in [7, 11) is 0. The zero-order valence-corrected chi connectivity index (χ0v) is 11.3. The van der Waals surface area contributed by atoms with E-state index in [4.69, 9.17) is 10.5 Å². The van der Waals surface area contributed by atoms with Gasteiger partial charge in [-0.15, -0.1) is 0 Å². The SMILES string of the molecule is CC(C)(C)OC(=O)NCC1CCNC(C(N)=O)C1. The van der Waals surface area contributed by atoms with Gasteiger partial charge in [-0.2, -0.15) is 0 Å². The van der Waals surface area contributed by atoms with Gasteiger partial charge in [0.1, 0.15) is 5.60 Å². The Labute approximate surface area is 108 Å². The van der Waals surface area contributed by atoms with Crippen molar-refractivity contribution >= 4 is 12.0 Å². The fourth-order valence-corrected chi connectivity index (χ4v) is 1.94. The summed E-state index contributed by atoms with van der Waals surface area (Å²) in [6.07, 6.45) is 1.15. The van der Waals surface area contributed by atoms with Gasteiger partial charge in [-0.3, -0.25) is 4.79 Å². The highest BCUT2D eigenvalue weighted by Crippen LogP contribution is 2.15. The minimum Gasteiger partial charge on any atom is -0.444 e. The molecule has 6 nitrogen and oxygen atoms in total. The lowest BCUT2D eigenvalue weighted by Gasteiger charge is -2.29. The average molecular weight is 257 g/mol. The number of hydrogen-bond acceptors (Lipinski definition) is 4. The molecule has 6 heteroatoms. The van der Waals surface area contributed by atoms with Gasteiger partial charge in [0.25, 0.3) is 0 Å². The summed E-state index contributed by atoms with van der Waals surface area (Å²) < 4.78 is 5.15. The molecule has 0 radical (unpaired) electrons. The lowest BCUT2D eigenvalue weighted by molar-refractivity contribution is -0.120. The molecule has 1 fully saturated rings. The van der Waals surface area contributed by atoms with E-state index in [0.29, 0.717) is 13.0 Å². The summed E-state index contributed by atoms with van der Waals surface area (Å²) >= 11 is 0. The minimum absolute atomic E-state index is 0.260. The second kappa shape index (κ2) is 6.04. The quantitative estimate of drug-likeness (QED) is 0.680. The van der Waals surface area contributed by atoms with Gasteiger partial charge in [-0.05, 0) is 46.1 Å². The van der Waals surface area contributed by atoms with E-state index >= 15 is 0 Å². The number of carbonyl (C=O) groups excluding carboxylic acids is 2. The van der Waals surface area contributed by atoms with Crippen LogP contribution in [0.25, 0.3) is 0 Å². The van der Waals surface area contributed by atoms with Crippen LogP contribution in [-0.2, 0) is 9.53 Å². The molecular weight excluding hydrogens is 234 g/mol. The molecule has 1 heterocycles. The highest BCUT2D eigenvalue weighted by Gasteiger charge is 2.26. The smallest absolute Gasteiger partial charge is 0.407 e. The Morgan fingerprint density at radius 3 is 2.67 bits per heavy atom. The van der Waals surface area contributed by atoms with Gasteiger partial charge >= 0.3 is 6.09 Å². The number of nitrogens with one attached hydrogen (secondary N) is 2. The molecule has 0 spiro atoms. The third-order valence-electron chi connectivity index (χ3n) is 2.79. The highest BCUT2D eigenvalue weighted by atomic mass is 16.6. The molecule has 4 N–H and O–H groups in total. The van der Waals surface area contributed by atoms with E-state index in [0.717, 1.165) is 13.0 Å². The first-order valence-corrected chi connectivity index (χ1v) is 6.27. The number of carbonyl (C=O) groups is 2. The number of primary amides is 1. The molecule has 0 aliphatic carbocycles. The molecule has 1 rings (SSSR count). The number of hydrogen-bond donors (Lipinski definition) is 3. The molecule has 0 bridgehead atoms. The first-order valence-electron chi connectivity index (χ1n) is 6.27. The van der Waals surface area contributed by atoms with Gasteiger partial charge in [-0.25, -0.2) is 4.79 Å². The van der Waals surface area contributed by atoms with Gasteiger partial charge in [0.05, 0.1) is 6.04 Å². The van der Waals surface area contributed by atoms with Crippen LogP contribution >= 0.6 is 0 Å². The normalized spacial score (nSPS) is 24.4. The van der Waals surface area contributed by atoms with Crippen LogP contribution in [0, 0.1) is 5.92 Å². The largest absolute Gasteiger partial charge is 0.444 e. The molecule has 1 aliphatic rings. The maximum atomic E-state index is 11.5. The van der Waals surface area contributed by atoms with Crippen LogP contribution in [0.3, 0.4) is 0 Å². The predicted octanol–water partition coefficient (Wildman–Crippen LogP) is 0.365. The van der Waals surface area contributed by atoms with Gasteiger partial charge < -0.3 is 21.1 Å². The third-order valence-corrected chi connectivity index (χ3v) is 2.79. The first-order chi connectivity index (χ1) is 8.28. The molecule has 0 aromatic carbocycles. The summed E-state index contributed by atoms with van der Waals surface area (Å²) in [5.74, 6) is -0.0757. The lowest BCUT2D eigenvalue weighted by Crippen LogP contribution is -2.48. The van der Waals surface area contributed by atoms with E-state index in [1.165, 1.54) is 0 Å². The number of nitrogens with two attached hydrogens (primary N) is 1. The van der Waals surface area contributed by atoms with E-state index in [1.807, 2.05) is 20.8 Å². The fourth-order valence-electron chi connectivity index (χ4n) is 1.94. The second-order valence-electron chi connectivity index (χ2n) is 5.68. The Bertz CT molecular complexity index is 312. The zero-order chi connectivity index (χ0) is 13.8. The highest BCUT2D eigenvalue weighted by molar-refractivity contribution is 5.79. The Morgan fingerprint density at radius 1 is 1.44 bits per heavy atom. The van der Waals surface area contributed by atoms with Crippen molar-refractivity contribution in [1.29, 1.82) is 0 Å². The molecule has 0 saturated carbocycles. The Hall–Kier alpha value is -1.30. The van der Waals surface area contributed by atoms with Gasteiger partial charge in [0.2, 0.25) is 5.91 Å². The topological polar surface area (TPSA) is 93.4 Å². The maximum absolute atomic E-state index is 11.5. The molecular formula is C12H23N3O3. The van der Waals surface area contributed by atoms with Gasteiger partial charge in [0, 0.05) is 6.54 Å². The van der Waals surface area contributed by atoms with Crippen LogP contribution in [0.5, 0.6) is 0 Å². The Kier molecular flexibility index (Phi) is 4.95. The molecule has 104 valence electrons. The van der Waals surface area contributed by atoms with Gasteiger partial charge in [0.15, 0.2) is 0 Å². The molecule has 0 aromatic heterocycles. The van der Waals surface area contributed by atoms with Crippen LogP contribution in [0.2, 0.25) is 0 Å². The van der Waals surface area contributed by atoms with Gasteiger partial charge in [-0.1, -0.05) is 0 Å². The zero-order valence-electron chi connectivity index (χ0n) is 11.3. The van der Waals surface area contributed by atoms with Crippen molar-refractivity contribution in [3.8, 4) is 0 Å². The number of alkyl carbamates (subject to hydrolysis) is 1. The number of ether oxygens (including phenoxy) is 1. The monoisotopic (exact) mass is 257 g/mol. The first kappa shape index (κ1) is 14.8. The predicted molar refractivity (Wildman–Crippen MR) is 67.9 cm³/mol. The van der Waals surface area contributed by atoms with Crippen molar-refractivity contribution in [2.24, 2.45) is 11.7 Å². The fraction of sp³-hybridized carbons (Fsp3) is 0.833. The Morgan fingerprint density at radius 2 is 2.11 bits per heavy atom. The van der Waals surface area contributed by atoms with Crippen LogP contribution in [0.15, 0.2) is 0 Å². The molecule has 2 amide bonds. The van der Waals surface area contributed by atoms with E-state index in [-0.39, 0.29) is 17.9 Å². The van der Waals surface area contributed by atoms with Crippen molar-refractivity contribution in [2.75, 3.05) is 13.1 Å². The molecule has 0 aromatic rings. The summed E-state index contributed by atoms with van der Waals surface area (Å²) in [6.45, 7) is 6.72. The molecule has 2 atom stereocenters. The number of rotatable bonds is 3. The molecule has 2 unspecified atom stereocenters. The molecule has 18 heavy (non-hydrogen) atoms. The standard InChI is InChI=1S/C12H23N3O3/c1-12(2,3)18-11(17)15-7-8-4-5-14-9(6-8)10(13)16/h8-9,14H,4-7H2,1-3H3,(H2,13,16)(H,15,17). The number of amides is 2. The third kappa shape index (κ3) is 5.35. The molecule has 1 aliphatic heterocycles. The number of piperidine rings is 1. The molecule has 1 saturated heterocycles. The van der Waals surface area contributed by atoms with E-state index in [1.54, 1.807) is 0 Å². The summed E-state index contributed by atoms with van der Waals surface area (Å²) in [5, 5.41) is 5.78. The average Bonchev–Trinajstić information content (AvgIpc) is 2.24. The van der Waals surface area contributed by atoms with Crippen molar-refractivity contribution in [3.05, 3.63) is 0 Å². The summed E-state index contributed by atoms with van der Waals surface area (Å²) in [5.41, 5.74) is 4.76. The van der Waals surface area contributed by atoms with Crippen LogP contribution < -0.4 is 16.4 Å².